The van der Waals surface area contributed by atoms with E-state index in [-0.39, 0.29) is 30.1 Å². The number of hydrogen-bond acceptors (Lipinski definition) is 5. The van der Waals surface area contributed by atoms with Gasteiger partial charge in [0, 0.05) is 18.6 Å². The van der Waals surface area contributed by atoms with Crippen molar-refractivity contribution in [1.29, 1.82) is 0 Å². The van der Waals surface area contributed by atoms with Crippen LogP contribution in [0.3, 0.4) is 0 Å². The molecule has 0 saturated carbocycles. The molecule has 7 nitrogen and oxygen atoms in total. The third-order valence-electron chi connectivity index (χ3n) is 3.85. The summed E-state index contributed by atoms with van der Waals surface area (Å²) in [6.45, 7) is 3.32. The molecule has 2 rings (SSSR count). The van der Waals surface area contributed by atoms with Crippen molar-refractivity contribution < 1.29 is 27.9 Å². The number of nitrogens with one attached hydrogen (secondary N) is 1. The summed E-state index contributed by atoms with van der Waals surface area (Å²) < 4.78 is 29.1. The second-order valence-corrected chi connectivity index (χ2v) is 8.27. The predicted octanol–water partition coefficient (Wildman–Crippen LogP) is 0.842. The lowest BCUT2D eigenvalue weighted by molar-refractivity contribution is -0.144. The van der Waals surface area contributed by atoms with Crippen LogP contribution in [0.1, 0.15) is 30.6 Å². The highest BCUT2D eigenvalue weighted by Gasteiger charge is 2.44. The number of carboxylic acids is 1. The van der Waals surface area contributed by atoms with E-state index in [9.17, 15) is 23.1 Å². The van der Waals surface area contributed by atoms with Crippen LogP contribution in [-0.4, -0.2) is 49.4 Å². The van der Waals surface area contributed by atoms with Crippen LogP contribution < -0.4 is 5.32 Å². The molecule has 1 fully saturated rings. The number of rotatable bonds is 5. The van der Waals surface area contributed by atoms with Crippen LogP contribution >= 0.6 is 0 Å². The second kappa shape index (κ2) is 6.29. The molecular weight excluding hydrogens is 322 g/mol. The number of hydrogen-bond donors (Lipinski definition) is 2. The average molecular weight is 341 g/mol. The Balaban J connectivity index is 2.20. The maximum atomic E-state index is 12.2. The summed E-state index contributed by atoms with van der Waals surface area (Å²) in [5.41, 5.74) is -1.24. The lowest BCUT2D eigenvalue weighted by atomic mass is 9.98. The summed E-state index contributed by atoms with van der Waals surface area (Å²) in [6, 6.07) is 5.44. The average Bonchev–Trinajstić information content (AvgIpc) is 2.97. The molecular formula is C15H19NO6S. The molecule has 1 aliphatic heterocycles. The van der Waals surface area contributed by atoms with E-state index in [2.05, 4.69) is 5.32 Å². The van der Waals surface area contributed by atoms with Crippen LogP contribution in [0.5, 0.6) is 0 Å². The van der Waals surface area contributed by atoms with Gasteiger partial charge >= 0.3 is 5.97 Å². The van der Waals surface area contributed by atoms with E-state index in [4.69, 9.17) is 4.74 Å². The molecule has 1 unspecified atom stereocenters. The van der Waals surface area contributed by atoms with Crippen LogP contribution in [-0.2, 0) is 19.4 Å². The van der Waals surface area contributed by atoms with Crippen LogP contribution in [0.4, 0.5) is 0 Å². The number of carboxylic acid groups (broad SMARTS) is 1. The van der Waals surface area contributed by atoms with Crippen LogP contribution in [0.25, 0.3) is 0 Å². The largest absolute Gasteiger partial charge is 0.479 e. The number of benzene rings is 1. The molecule has 0 bridgehead atoms. The minimum atomic E-state index is -3.41. The van der Waals surface area contributed by atoms with Gasteiger partial charge in [-0.05, 0) is 38.1 Å². The first-order chi connectivity index (χ1) is 10.7. The highest BCUT2D eigenvalue weighted by molar-refractivity contribution is 7.92. The van der Waals surface area contributed by atoms with Gasteiger partial charge in [0.05, 0.1) is 16.8 Å². The Morgan fingerprint density at radius 1 is 1.26 bits per heavy atom. The molecule has 1 saturated heterocycles. The Morgan fingerprint density at radius 2 is 1.87 bits per heavy atom. The van der Waals surface area contributed by atoms with Gasteiger partial charge in [-0.3, -0.25) is 4.79 Å². The fourth-order valence-electron chi connectivity index (χ4n) is 2.24. The van der Waals surface area contributed by atoms with E-state index in [1.807, 2.05) is 0 Å². The molecule has 0 aromatic heterocycles. The number of ether oxygens (including phenoxy) is 1. The van der Waals surface area contributed by atoms with Gasteiger partial charge in [-0.15, -0.1) is 0 Å². The van der Waals surface area contributed by atoms with Crippen molar-refractivity contribution in [3.05, 3.63) is 29.8 Å². The fraction of sp³-hybridized carbons (Fsp3) is 0.467. The van der Waals surface area contributed by atoms with Gasteiger partial charge in [0.2, 0.25) is 0 Å². The summed E-state index contributed by atoms with van der Waals surface area (Å²) in [7, 11) is -3.41. The van der Waals surface area contributed by atoms with Crippen LogP contribution in [0, 0.1) is 0 Å². The highest BCUT2D eigenvalue weighted by atomic mass is 32.2. The molecule has 2 N–H and O–H groups in total. The van der Waals surface area contributed by atoms with E-state index in [1.165, 1.54) is 24.3 Å². The molecule has 1 aromatic rings. The first-order valence-electron chi connectivity index (χ1n) is 7.17. The Hall–Kier alpha value is -1.93. The van der Waals surface area contributed by atoms with Crippen molar-refractivity contribution in [2.75, 3.05) is 13.2 Å². The third kappa shape index (κ3) is 3.37. The maximum absolute atomic E-state index is 12.2. The van der Waals surface area contributed by atoms with Crippen molar-refractivity contribution in [1.82, 2.24) is 5.32 Å². The van der Waals surface area contributed by atoms with Gasteiger partial charge in [0.25, 0.3) is 5.91 Å². The number of sulfone groups is 1. The fourth-order valence-corrected chi connectivity index (χ4v) is 3.30. The molecule has 1 atom stereocenters. The number of carbonyl (C=O) groups excluding carboxylic acids is 1. The quantitative estimate of drug-likeness (QED) is 0.821. The molecule has 1 aromatic carbocycles. The summed E-state index contributed by atoms with van der Waals surface area (Å²) in [6.07, 6.45) is 0.188. The molecule has 0 aliphatic carbocycles. The number of amides is 1. The zero-order valence-corrected chi connectivity index (χ0v) is 13.7. The molecule has 1 amide bonds. The van der Waals surface area contributed by atoms with Crippen LogP contribution in [0.15, 0.2) is 29.2 Å². The molecule has 8 heteroatoms. The van der Waals surface area contributed by atoms with Gasteiger partial charge in [-0.2, -0.15) is 0 Å². The first-order valence-corrected chi connectivity index (χ1v) is 8.71. The zero-order chi connectivity index (χ0) is 17.3. The predicted molar refractivity (Wildman–Crippen MR) is 82.0 cm³/mol. The SMILES string of the molecule is CC(C)S(=O)(=O)c1ccc(C(=O)NC2(C(=O)O)CCOC2)cc1. The minimum absolute atomic E-state index is 0.0894. The molecule has 23 heavy (non-hydrogen) atoms. The Kier molecular flexibility index (Phi) is 4.76. The number of aliphatic carboxylic acids is 1. The Labute approximate surface area is 134 Å². The van der Waals surface area contributed by atoms with Crippen molar-refractivity contribution in [3.8, 4) is 0 Å². The smallest absolute Gasteiger partial charge is 0.331 e. The van der Waals surface area contributed by atoms with E-state index in [0.717, 1.165) is 0 Å². The summed E-state index contributed by atoms with van der Waals surface area (Å²) >= 11 is 0. The summed E-state index contributed by atoms with van der Waals surface area (Å²) in [5.74, 6) is -1.73. The lowest BCUT2D eigenvalue weighted by Gasteiger charge is -2.23. The van der Waals surface area contributed by atoms with Gasteiger partial charge < -0.3 is 15.2 Å². The van der Waals surface area contributed by atoms with Gasteiger partial charge in [-0.1, -0.05) is 0 Å². The normalized spacial score (nSPS) is 21.3. The number of carbonyl (C=O) groups is 2. The first kappa shape index (κ1) is 17.4. The monoisotopic (exact) mass is 341 g/mol. The maximum Gasteiger partial charge on any atom is 0.331 e. The molecule has 1 heterocycles. The van der Waals surface area contributed by atoms with Crippen LogP contribution in [0.2, 0.25) is 0 Å². The topological polar surface area (TPSA) is 110 Å². The standard InChI is InChI=1S/C15H19NO6S/c1-10(2)23(20,21)12-5-3-11(4-6-12)13(17)16-15(14(18)19)7-8-22-9-15/h3-6,10H,7-9H2,1-2H3,(H,16,17)(H,18,19). The van der Waals surface area contributed by atoms with Crippen molar-refractivity contribution >= 4 is 21.7 Å². The van der Waals surface area contributed by atoms with Gasteiger partial charge in [0.15, 0.2) is 15.4 Å². The molecule has 0 radical (unpaired) electrons. The Morgan fingerprint density at radius 3 is 2.30 bits per heavy atom. The lowest BCUT2D eigenvalue weighted by Crippen LogP contribution is -2.55. The minimum Gasteiger partial charge on any atom is -0.479 e. The van der Waals surface area contributed by atoms with E-state index in [0.29, 0.717) is 0 Å². The van der Waals surface area contributed by atoms with Crippen molar-refractivity contribution in [2.45, 2.75) is 36.0 Å². The van der Waals surface area contributed by atoms with E-state index >= 15 is 0 Å². The van der Waals surface area contributed by atoms with Crippen molar-refractivity contribution in [2.24, 2.45) is 0 Å². The van der Waals surface area contributed by atoms with E-state index in [1.54, 1.807) is 13.8 Å². The third-order valence-corrected chi connectivity index (χ3v) is 6.02. The van der Waals surface area contributed by atoms with Gasteiger partial charge in [0.1, 0.15) is 0 Å². The second-order valence-electron chi connectivity index (χ2n) is 5.76. The van der Waals surface area contributed by atoms with Gasteiger partial charge in [-0.25, -0.2) is 13.2 Å². The molecule has 126 valence electrons. The summed E-state index contributed by atoms with van der Waals surface area (Å²) in [5, 5.41) is 11.2. The molecule has 0 spiro atoms. The zero-order valence-electron chi connectivity index (χ0n) is 12.9. The Bertz CT molecular complexity index is 702. The summed E-state index contributed by atoms with van der Waals surface area (Å²) in [4.78, 5) is 23.7. The van der Waals surface area contributed by atoms with E-state index < -0.39 is 32.5 Å². The highest BCUT2D eigenvalue weighted by Crippen LogP contribution is 2.21. The molecule has 1 aliphatic rings. The van der Waals surface area contributed by atoms with Crippen molar-refractivity contribution in [3.63, 3.8) is 0 Å².